The summed E-state index contributed by atoms with van der Waals surface area (Å²) < 4.78 is 2.13. The summed E-state index contributed by atoms with van der Waals surface area (Å²) in [5.41, 5.74) is 3.40. The van der Waals surface area contributed by atoms with Gasteiger partial charge in [-0.1, -0.05) is 12.7 Å². The summed E-state index contributed by atoms with van der Waals surface area (Å²) in [4.78, 5) is 4.30. The van der Waals surface area contributed by atoms with Crippen molar-refractivity contribution in [2.45, 2.75) is 13.8 Å². The lowest BCUT2D eigenvalue weighted by Gasteiger charge is -2.03. The summed E-state index contributed by atoms with van der Waals surface area (Å²) in [7, 11) is 2.04. The average Bonchev–Trinajstić information content (AvgIpc) is 2.48. The number of aryl methyl sites for hydroxylation is 1. The molecule has 2 heteroatoms. The van der Waals surface area contributed by atoms with E-state index >= 15 is 0 Å². The first-order valence-electron chi connectivity index (χ1n) is 4.61. The van der Waals surface area contributed by atoms with E-state index in [0.717, 1.165) is 11.4 Å². The monoisotopic (exact) mass is 188 g/mol. The van der Waals surface area contributed by atoms with Crippen LogP contribution in [0.4, 0.5) is 0 Å². The third-order valence-corrected chi connectivity index (χ3v) is 2.23. The first kappa shape index (κ1) is 10.5. The molecule has 0 N–H and O–H groups in total. The molecule has 2 nitrogen and oxygen atoms in total. The first-order chi connectivity index (χ1) is 6.66. The maximum atomic E-state index is 4.30. The van der Waals surface area contributed by atoms with Gasteiger partial charge < -0.3 is 4.57 Å². The Kier molecular flexibility index (Phi) is 3.46. The zero-order chi connectivity index (χ0) is 10.6. The van der Waals surface area contributed by atoms with Crippen LogP contribution in [0.3, 0.4) is 0 Å². The summed E-state index contributed by atoms with van der Waals surface area (Å²) in [5.74, 6) is 0. The van der Waals surface area contributed by atoms with E-state index in [1.165, 1.54) is 5.69 Å². The van der Waals surface area contributed by atoms with E-state index in [-0.39, 0.29) is 0 Å². The van der Waals surface area contributed by atoms with Gasteiger partial charge in [0.25, 0.3) is 0 Å². The maximum Gasteiger partial charge on any atom is 0.0621 e. The molecule has 0 radical (unpaired) electrons. The van der Waals surface area contributed by atoms with E-state index in [4.69, 9.17) is 0 Å². The predicted molar refractivity (Wildman–Crippen MR) is 61.7 cm³/mol. The Morgan fingerprint density at radius 2 is 2.21 bits per heavy atom. The highest BCUT2D eigenvalue weighted by Crippen LogP contribution is 2.07. The Morgan fingerprint density at radius 1 is 1.50 bits per heavy atom. The topological polar surface area (TPSA) is 17.3 Å². The molecule has 0 saturated heterocycles. The molecule has 0 saturated carbocycles. The molecule has 0 fully saturated rings. The number of aliphatic imine (C=N–C) groups is 1. The number of hydrogen-bond donors (Lipinski definition) is 0. The minimum atomic E-state index is 1.01. The van der Waals surface area contributed by atoms with E-state index < -0.39 is 0 Å². The standard InChI is InChI=1S/C12H16N2/c1-5-6-9-13-11(3)12-8-7-10(2)14(12)4/h5-9H,1H2,2-4H3/b9-6+,13-11?. The molecular formula is C12H16N2. The second-order valence-electron chi connectivity index (χ2n) is 3.21. The van der Waals surface area contributed by atoms with Crippen molar-refractivity contribution >= 4 is 5.71 Å². The summed E-state index contributed by atoms with van der Waals surface area (Å²) in [6.45, 7) is 7.67. The van der Waals surface area contributed by atoms with Crippen molar-refractivity contribution in [2.24, 2.45) is 12.0 Å². The molecule has 14 heavy (non-hydrogen) atoms. The number of allylic oxidation sites excluding steroid dienone is 2. The van der Waals surface area contributed by atoms with Crippen LogP contribution in [-0.4, -0.2) is 10.3 Å². The Morgan fingerprint density at radius 3 is 2.71 bits per heavy atom. The zero-order valence-corrected chi connectivity index (χ0v) is 8.99. The van der Waals surface area contributed by atoms with Crippen LogP contribution in [-0.2, 0) is 7.05 Å². The molecule has 1 aromatic heterocycles. The Balaban J connectivity index is 2.94. The highest BCUT2D eigenvalue weighted by atomic mass is 15.0. The molecular weight excluding hydrogens is 172 g/mol. The highest BCUT2D eigenvalue weighted by Gasteiger charge is 2.02. The average molecular weight is 188 g/mol. The highest BCUT2D eigenvalue weighted by molar-refractivity contribution is 5.97. The zero-order valence-electron chi connectivity index (χ0n) is 8.99. The van der Waals surface area contributed by atoms with Crippen LogP contribution in [0, 0.1) is 6.92 Å². The van der Waals surface area contributed by atoms with Gasteiger partial charge in [0.05, 0.1) is 11.4 Å². The fourth-order valence-corrected chi connectivity index (χ4v) is 1.26. The molecule has 1 rings (SSSR count). The van der Waals surface area contributed by atoms with Crippen LogP contribution in [0.15, 0.2) is 42.1 Å². The number of aromatic nitrogens is 1. The Labute approximate surface area is 85.3 Å². The molecule has 0 aliphatic rings. The van der Waals surface area contributed by atoms with E-state index in [0.29, 0.717) is 0 Å². The van der Waals surface area contributed by atoms with Crippen molar-refractivity contribution in [2.75, 3.05) is 0 Å². The van der Waals surface area contributed by atoms with Gasteiger partial charge in [0, 0.05) is 18.9 Å². The van der Waals surface area contributed by atoms with Crippen molar-refractivity contribution in [1.82, 2.24) is 4.57 Å². The SMILES string of the molecule is C=C/C=C/N=C(C)c1ccc(C)n1C. The van der Waals surface area contributed by atoms with Gasteiger partial charge in [-0.05, 0) is 32.1 Å². The van der Waals surface area contributed by atoms with E-state index in [1.807, 2.05) is 20.0 Å². The number of hydrogen-bond acceptors (Lipinski definition) is 1. The summed E-state index contributed by atoms with van der Waals surface area (Å²) in [6, 6.07) is 4.17. The molecule has 0 atom stereocenters. The van der Waals surface area contributed by atoms with Crippen LogP contribution in [0.5, 0.6) is 0 Å². The van der Waals surface area contributed by atoms with Crippen molar-refractivity contribution in [3.63, 3.8) is 0 Å². The summed E-state index contributed by atoms with van der Waals surface area (Å²) in [5, 5.41) is 0. The Hall–Kier alpha value is -1.57. The fraction of sp³-hybridized carbons (Fsp3) is 0.250. The molecule has 1 heterocycles. The van der Waals surface area contributed by atoms with Gasteiger partial charge in [-0.25, -0.2) is 0 Å². The number of nitrogens with zero attached hydrogens (tertiary/aromatic N) is 2. The summed E-state index contributed by atoms with van der Waals surface area (Å²) >= 11 is 0. The predicted octanol–water partition coefficient (Wildman–Crippen LogP) is 2.84. The molecule has 0 unspecified atom stereocenters. The second kappa shape index (κ2) is 4.61. The normalized spacial score (nSPS) is 12.4. The molecule has 0 bridgehead atoms. The van der Waals surface area contributed by atoms with Crippen molar-refractivity contribution in [3.05, 3.63) is 48.5 Å². The summed E-state index contributed by atoms with van der Waals surface area (Å²) in [6.07, 6.45) is 5.29. The molecule has 0 aromatic carbocycles. The molecule has 0 spiro atoms. The fourth-order valence-electron chi connectivity index (χ4n) is 1.26. The van der Waals surface area contributed by atoms with Crippen molar-refractivity contribution < 1.29 is 0 Å². The van der Waals surface area contributed by atoms with Gasteiger partial charge in [0.15, 0.2) is 0 Å². The van der Waals surface area contributed by atoms with Gasteiger partial charge in [0.2, 0.25) is 0 Å². The largest absolute Gasteiger partial charge is 0.347 e. The van der Waals surface area contributed by atoms with E-state index in [9.17, 15) is 0 Å². The number of rotatable bonds is 3. The van der Waals surface area contributed by atoms with Gasteiger partial charge in [-0.3, -0.25) is 4.99 Å². The second-order valence-corrected chi connectivity index (χ2v) is 3.21. The van der Waals surface area contributed by atoms with Crippen LogP contribution >= 0.6 is 0 Å². The minimum Gasteiger partial charge on any atom is -0.347 e. The first-order valence-corrected chi connectivity index (χ1v) is 4.61. The maximum absolute atomic E-state index is 4.30. The van der Waals surface area contributed by atoms with E-state index in [2.05, 4.69) is 35.2 Å². The van der Waals surface area contributed by atoms with Crippen molar-refractivity contribution in [3.8, 4) is 0 Å². The quantitative estimate of drug-likeness (QED) is 0.512. The van der Waals surface area contributed by atoms with Gasteiger partial charge >= 0.3 is 0 Å². The lowest BCUT2D eigenvalue weighted by Crippen LogP contribution is -2.03. The third kappa shape index (κ3) is 2.22. The lowest BCUT2D eigenvalue weighted by atomic mass is 10.3. The molecule has 0 aliphatic heterocycles. The van der Waals surface area contributed by atoms with E-state index in [1.54, 1.807) is 12.3 Å². The molecule has 0 aliphatic carbocycles. The van der Waals surface area contributed by atoms with Gasteiger partial charge in [-0.15, -0.1) is 0 Å². The smallest absolute Gasteiger partial charge is 0.0621 e. The minimum absolute atomic E-state index is 1.01. The van der Waals surface area contributed by atoms with Crippen LogP contribution in [0.2, 0.25) is 0 Å². The molecule has 1 aromatic rings. The van der Waals surface area contributed by atoms with Crippen LogP contribution < -0.4 is 0 Å². The van der Waals surface area contributed by atoms with Crippen LogP contribution in [0.1, 0.15) is 18.3 Å². The lowest BCUT2D eigenvalue weighted by molar-refractivity contribution is 0.870. The van der Waals surface area contributed by atoms with Gasteiger partial charge in [0.1, 0.15) is 0 Å². The Bertz CT molecular complexity index is 381. The van der Waals surface area contributed by atoms with Gasteiger partial charge in [-0.2, -0.15) is 0 Å². The molecule has 74 valence electrons. The van der Waals surface area contributed by atoms with Crippen molar-refractivity contribution in [1.29, 1.82) is 0 Å². The third-order valence-electron chi connectivity index (χ3n) is 2.23. The molecule has 0 amide bonds. The van der Waals surface area contributed by atoms with Crippen LogP contribution in [0.25, 0.3) is 0 Å².